The highest BCUT2D eigenvalue weighted by Crippen LogP contribution is 2.30. The first-order valence-corrected chi connectivity index (χ1v) is 4.40. The minimum Gasteiger partial charge on any atom is -0.496 e. The SMILES string of the molecule is COc1ccc(F)c(C(C)=O)c1Br. The summed E-state index contributed by atoms with van der Waals surface area (Å²) in [6.45, 7) is 1.31. The fourth-order valence-corrected chi connectivity index (χ4v) is 1.78. The zero-order valence-corrected chi connectivity index (χ0v) is 8.81. The molecule has 13 heavy (non-hydrogen) atoms. The van der Waals surface area contributed by atoms with Crippen molar-refractivity contribution in [3.8, 4) is 5.75 Å². The molecule has 0 saturated carbocycles. The van der Waals surface area contributed by atoms with E-state index < -0.39 is 5.82 Å². The maximum absolute atomic E-state index is 13.1. The number of ether oxygens (including phenoxy) is 1. The van der Waals surface area contributed by atoms with Crippen LogP contribution in [0.1, 0.15) is 17.3 Å². The first-order valence-electron chi connectivity index (χ1n) is 3.61. The Labute approximate surface area is 83.8 Å². The van der Waals surface area contributed by atoms with Gasteiger partial charge in [-0.1, -0.05) is 0 Å². The first kappa shape index (κ1) is 10.2. The van der Waals surface area contributed by atoms with Gasteiger partial charge in [0.25, 0.3) is 0 Å². The van der Waals surface area contributed by atoms with Crippen molar-refractivity contribution in [2.75, 3.05) is 7.11 Å². The molecule has 4 heteroatoms. The zero-order valence-electron chi connectivity index (χ0n) is 7.23. The Morgan fingerprint density at radius 1 is 1.54 bits per heavy atom. The van der Waals surface area contributed by atoms with Gasteiger partial charge in [0.1, 0.15) is 11.6 Å². The van der Waals surface area contributed by atoms with Gasteiger partial charge < -0.3 is 4.74 Å². The standard InChI is InChI=1S/C9H8BrFO2/c1-5(12)8-6(11)3-4-7(13-2)9(8)10/h3-4H,1-2H3. The maximum atomic E-state index is 13.1. The zero-order chi connectivity index (χ0) is 10.0. The van der Waals surface area contributed by atoms with E-state index in [2.05, 4.69) is 15.9 Å². The minimum atomic E-state index is -0.542. The molecule has 0 aliphatic carbocycles. The molecule has 0 aliphatic heterocycles. The molecule has 0 amide bonds. The normalized spacial score (nSPS) is 9.85. The van der Waals surface area contributed by atoms with Gasteiger partial charge in [-0.15, -0.1) is 0 Å². The molecule has 1 aromatic carbocycles. The van der Waals surface area contributed by atoms with Crippen molar-refractivity contribution in [1.82, 2.24) is 0 Å². The summed E-state index contributed by atoms with van der Waals surface area (Å²) in [4.78, 5) is 11.0. The smallest absolute Gasteiger partial charge is 0.164 e. The van der Waals surface area contributed by atoms with Crippen molar-refractivity contribution >= 4 is 21.7 Å². The van der Waals surface area contributed by atoms with Crippen molar-refractivity contribution in [3.05, 3.63) is 28.0 Å². The van der Waals surface area contributed by atoms with Gasteiger partial charge >= 0.3 is 0 Å². The lowest BCUT2D eigenvalue weighted by molar-refractivity contribution is 0.101. The lowest BCUT2D eigenvalue weighted by Crippen LogP contribution is -2.00. The molecule has 0 saturated heterocycles. The quantitative estimate of drug-likeness (QED) is 0.751. The highest BCUT2D eigenvalue weighted by Gasteiger charge is 2.15. The van der Waals surface area contributed by atoms with Gasteiger partial charge in [0.05, 0.1) is 17.1 Å². The van der Waals surface area contributed by atoms with Crippen LogP contribution < -0.4 is 4.74 Å². The van der Waals surface area contributed by atoms with E-state index in [1.807, 2.05) is 0 Å². The third-order valence-electron chi connectivity index (χ3n) is 1.63. The number of methoxy groups -OCH3 is 1. The Morgan fingerprint density at radius 3 is 2.62 bits per heavy atom. The highest BCUT2D eigenvalue weighted by atomic mass is 79.9. The van der Waals surface area contributed by atoms with Crippen molar-refractivity contribution in [2.24, 2.45) is 0 Å². The van der Waals surface area contributed by atoms with E-state index >= 15 is 0 Å². The molecule has 0 N–H and O–H groups in total. The molecule has 0 aliphatic rings. The van der Waals surface area contributed by atoms with Crippen LogP contribution in [0.4, 0.5) is 4.39 Å². The second kappa shape index (κ2) is 3.87. The number of hydrogen-bond acceptors (Lipinski definition) is 2. The van der Waals surface area contributed by atoms with E-state index in [1.54, 1.807) is 0 Å². The van der Waals surface area contributed by atoms with Crippen LogP contribution in [-0.2, 0) is 0 Å². The Kier molecular flexibility index (Phi) is 3.03. The summed E-state index contributed by atoms with van der Waals surface area (Å²) in [5.41, 5.74) is 0.0272. The topological polar surface area (TPSA) is 26.3 Å². The van der Waals surface area contributed by atoms with Crippen LogP contribution in [0.25, 0.3) is 0 Å². The number of carbonyl (C=O) groups excluding carboxylic acids is 1. The third kappa shape index (κ3) is 1.88. The summed E-state index contributed by atoms with van der Waals surface area (Å²) in [5, 5.41) is 0. The van der Waals surface area contributed by atoms with Crippen LogP contribution in [0.15, 0.2) is 16.6 Å². The number of hydrogen-bond donors (Lipinski definition) is 0. The number of halogens is 2. The number of Topliss-reactive ketones (excluding diaryl/α,β-unsaturated/α-hetero) is 1. The fraction of sp³-hybridized carbons (Fsp3) is 0.222. The van der Waals surface area contributed by atoms with Crippen molar-refractivity contribution in [2.45, 2.75) is 6.92 Å². The molecule has 0 bridgehead atoms. The van der Waals surface area contributed by atoms with Gasteiger partial charge in [-0.3, -0.25) is 4.79 Å². The molecule has 1 rings (SSSR count). The van der Waals surface area contributed by atoms with Crippen molar-refractivity contribution in [3.63, 3.8) is 0 Å². The molecule has 0 heterocycles. The number of benzene rings is 1. The van der Waals surface area contributed by atoms with E-state index in [0.717, 1.165) is 0 Å². The molecular formula is C9H8BrFO2. The summed E-state index contributed by atoms with van der Waals surface area (Å²) in [5.74, 6) is -0.421. The Balaban J connectivity index is 3.38. The molecule has 2 nitrogen and oxygen atoms in total. The number of rotatable bonds is 2. The summed E-state index contributed by atoms with van der Waals surface area (Å²) in [6, 6.07) is 2.67. The molecule has 0 fully saturated rings. The van der Waals surface area contributed by atoms with Gasteiger partial charge in [0, 0.05) is 0 Å². The fourth-order valence-electron chi connectivity index (χ4n) is 1.01. The van der Waals surface area contributed by atoms with E-state index in [9.17, 15) is 9.18 Å². The summed E-state index contributed by atoms with van der Waals surface area (Å²) in [7, 11) is 1.46. The van der Waals surface area contributed by atoms with E-state index in [1.165, 1.54) is 26.2 Å². The van der Waals surface area contributed by atoms with Crippen LogP contribution in [0.3, 0.4) is 0 Å². The van der Waals surface area contributed by atoms with Crippen molar-refractivity contribution in [1.29, 1.82) is 0 Å². The van der Waals surface area contributed by atoms with E-state index in [4.69, 9.17) is 4.74 Å². The first-order chi connectivity index (χ1) is 6.07. The summed E-state index contributed by atoms with van der Waals surface area (Å²) < 4.78 is 18.4. The lowest BCUT2D eigenvalue weighted by Gasteiger charge is -2.06. The molecule has 0 unspecified atom stereocenters. The lowest BCUT2D eigenvalue weighted by atomic mass is 10.1. The van der Waals surface area contributed by atoms with Crippen molar-refractivity contribution < 1.29 is 13.9 Å². The van der Waals surface area contributed by atoms with Gasteiger partial charge in [0.15, 0.2) is 5.78 Å². The van der Waals surface area contributed by atoms with Crippen LogP contribution >= 0.6 is 15.9 Å². The Morgan fingerprint density at radius 2 is 2.15 bits per heavy atom. The largest absolute Gasteiger partial charge is 0.496 e. The molecule has 0 atom stereocenters. The minimum absolute atomic E-state index is 0.0272. The maximum Gasteiger partial charge on any atom is 0.164 e. The highest BCUT2D eigenvalue weighted by molar-refractivity contribution is 9.10. The van der Waals surface area contributed by atoms with Crippen LogP contribution in [0.2, 0.25) is 0 Å². The predicted molar refractivity (Wildman–Crippen MR) is 50.7 cm³/mol. The van der Waals surface area contributed by atoms with Crippen LogP contribution in [0, 0.1) is 5.82 Å². The molecule has 1 aromatic rings. The average Bonchev–Trinajstić information content (AvgIpc) is 2.04. The second-order valence-corrected chi connectivity index (χ2v) is 3.29. The number of ketones is 1. The van der Waals surface area contributed by atoms with E-state index in [-0.39, 0.29) is 11.3 Å². The van der Waals surface area contributed by atoms with Crippen LogP contribution in [-0.4, -0.2) is 12.9 Å². The van der Waals surface area contributed by atoms with Crippen LogP contribution in [0.5, 0.6) is 5.75 Å². The molecule has 0 radical (unpaired) electrons. The average molecular weight is 247 g/mol. The third-order valence-corrected chi connectivity index (χ3v) is 2.41. The molecular weight excluding hydrogens is 239 g/mol. The van der Waals surface area contributed by atoms with Gasteiger partial charge in [-0.05, 0) is 35.0 Å². The molecule has 0 spiro atoms. The Hall–Kier alpha value is -0.900. The Bertz CT molecular complexity index is 350. The number of carbonyl (C=O) groups is 1. The van der Waals surface area contributed by atoms with Gasteiger partial charge in [0.2, 0.25) is 0 Å². The van der Waals surface area contributed by atoms with E-state index in [0.29, 0.717) is 10.2 Å². The van der Waals surface area contributed by atoms with Gasteiger partial charge in [-0.25, -0.2) is 4.39 Å². The summed E-state index contributed by atoms with van der Waals surface area (Å²) in [6.07, 6.45) is 0. The van der Waals surface area contributed by atoms with Gasteiger partial charge in [-0.2, -0.15) is 0 Å². The predicted octanol–water partition coefficient (Wildman–Crippen LogP) is 2.80. The molecule has 70 valence electrons. The monoisotopic (exact) mass is 246 g/mol. The molecule has 0 aromatic heterocycles. The second-order valence-electron chi connectivity index (χ2n) is 2.49. The summed E-state index contributed by atoms with van der Waals surface area (Å²) >= 11 is 3.11.